The number of rotatable bonds is 14. The van der Waals surface area contributed by atoms with Gasteiger partial charge in [-0.05, 0) is 129 Å². The van der Waals surface area contributed by atoms with E-state index in [4.69, 9.17) is 30.7 Å². The summed E-state index contributed by atoms with van der Waals surface area (Å²) in [5, 5.41) is 11.2. The Morgan fingerprint density at radius 2 is 1.10 bits per heavy atom. The summed E-state index contributed by atoms with van der Waals surface area (Å²) >= 11 is 1.15. The second kappa shape index (κ2) is 21.3. The fourth-order valence-electron chi connectivity index (χ4n) is 14.8. The van der Waals surface area contributed by atoms with Gasteiger partial charge in [-0.2, -0.15) is 23.7 Å². The van der Waals surface area contributed by atoms with Crippen LogP contribution < -0.4 is 38.8 Å². The van der Waals surface area contributed by atoms with E-state index in [0.29, 0.717) is 75.3 Å². The average molecular weight is 1270 g/mol. The molecule has 3 aliphatic rings. The second-order valence-corrected chi connectivity index (χ2v) is 42.4. The van der Waals surface area contributed by atoms with Crippen molar-refractivity contribution >= 4 is 132 Å². The summed E-state index contributed by atoms with van der Waals surface area (Å²) < 4.78 is 35.0. The van der Waals surface area contributed by atoms with Gasteiger partial charge in [-0.3, -0.25) is 37.2 Å². The van der Waals surface area contributed by atoms with Crippen molar-refractivity contribution in [1.82, 2.24) is 71.0 Å². The molecular weight excluding hydrogens is 1200 g/mol. The number of carbonyl (C=O) groups excluding carboxylic acids is 1. The number of nitrogens with one attached hydrogen (secondary N) is 3. The Morgan fingerprint density at radius 1 is 0.607 bits per heavy atom. The van der Waals surface area contributed by atoms with E-state index in [-0.39, 0.29) is 46.7 Å². The molecule has 11 heterocycles. The number of pyridine rings is 1. The zero-order valence-electron chi connectivity index (χ0n) is 51.5. The third-order valence-corrected chi connectivity index (χ3v) is 31.6. The SMILES string of the molecule is Cc1cc2nsnc2cc1Nc1ncc2c(n1)n(C1CC[Si](C)(Cc3nc(Nc4cc(F)c(C(N)=O)cc4C)nc4c3n(C)c(=O)n4C3CC[Si](C)(Cc4nc(Nc5cc6cccnc6cc5C)nc5c4n(C)c(=O)n5C4CC[Si](C)(C)C4)C3)C1)c(=O)n2C. The van der Waals surface area contributed by atoms with Gasteiger partial charge in [0.25, 0.3) is 5.91 Å². The van der Waals surface area contributed by atoms with E-state index in [1.807, 2.05) is 58.9 Å². The first kappa shape index (κ1) is 58.1. The Bertz CT molecular complexity index is 4990. The molecule has 5 N–H and O–H groups in total. The molecule has 28 heteroatoms. The number of hydrogen-bond donors (Lipinski definition) is 4. The molecule has 5 unspecified atom stereocenters. The molecule has 14 rings (SSSR count). The first-order valence-electron chi connectivity index (χ1n) is 30.3. The summed E-state index contributed by atoms with van der Waals surface area (Å²) in [7, 11) is -0.941. The molecule has 0 spiro atoms. The van der Waals surface area contributed by atoms with Crippen LogP contribution in [0.25, 0.3) is 55.4 Å². The molecule has 8 aromatic heterocycles. The van der Waals surface area contributed by atoms with Crippen LogP contribution in [0, 0.1) is 26.6 Å². The first-order chi connectivity index (χ1) is 42.4. The number of halogens is 1. The Labute approximate surface area is 517 Å². The lowest BCUT2D eigenvalue weighted by molar-refractivity contribution is 0.0996. The predicted octanol–water partition coefficient (Wildman–Crippen LogP) is 10.2. The van der Waals surface area contributed by atoms with Crippen LogP contribution in [0.2, 0.25) is 62.5 Å². The minimum absolute atomic E-state index is 0.0446. The first-order valence-corrected chi connectivity index (χ1v) is 40.7. The summed E-state index contributed by atoms with van der Waals surface area (Å²) in [6.07, 6.45) is 5.84. The molecule has 23 nitrogen and oxygen atoms in total. The molecule has 3 fully saturated rings. The molecule has 0 saturated carbocycles. The number of carbonyl (C=O) groups is 1. The fourth-order valence-corrected chi connectivity index (χ4v) is 26.6. The van der Waals surface area contributed by atoms with Crippen molar-refractivity contribution in [2.45, 2.75) is 133 Å². The fraction of sp³-hybridized carbons (Fsp3) is 0.393. The Balaban J connectivity index is 0.817. The highest BCUT2D eigenvalue weighted by Gasteiger charge is 2.44. The summed E-state index contributed by atoms with van der Waals surface area (Å²) in [6, 6.07) is 20.7. The van der Waals surface area contributed by atoms with Gasteiger partial charge in [0.15, 0.2) is 16.9 Å². The summed E-state index contributed by atoms with van der Waals surface area (Å²) in [4.78, 5) is 91.4. The molecule has 0 bridgehead atoms. The molecule has 11 aromatic rings. The van der Waals surface area contributed by atoms with Crippen molar-refractivity contribution in [3.63, 3.8) is 0 Å². The summed E-state index contributed by atoms with van der Waals surface area (Å²) in [6.45, 7) is 15.3. The van der Waals surface area contributed by atoms with E-state index in [2.05, 4.69) is 73.0 Å². The Morgan fingerprint density at radius 3 is 1.69 bits per heavy atom. The number of fused-ring (bicyclic) bond motifs is 5. The molecule has 5 atom stereocenters. The van der Waals surface area contributed by atoms with Crippen molar-refractivity contribution in [3.8, 4) is 0 Å². The number of nitrogens with zero attached hydrogens (tertiary/aromatic N) is 15. The van der Waals surface area contributed by atoms with E-state index in [9.17, 15) is 14.4 Å². The highest BCUT2D eigenvalue weighted by atomic mass is 32.1. The monoisotopic (exact) mass is 1270 g/mol. The molecule has 3 aromatic carbocycles. The lowest BCUT2D eigenvalue weighted by atomic mass is 10.1. The van der Waals surface area contributed by atoms with Gasteiger partial charge < -0.3 is 21.7 Å². The number of primary amides is 1. The maximum atomic E-state index is 15.6. The maximum Gasteiger partial charge on any atom is 0.330 e. The smallest absolute Gasteiger partial charge is 0.330 e. The van der Waals surface area contributed by atoms with E-state index < -0.39 is 35.9 Å². The molecule has 89 heavy (non-hydrogen) atoms. The van der Waals surface area contributed by atoms with Gasteiger partial charge in [-0.25, -0.2) is 33.7 Å². The van der Waals surface area contributed by atoms with Gasteiger partial charge in [0.05, 0.1) is 56.5 Å². The molecule has 0 aliphatic carbocycles. The average Bonchev–Trinajstić information content (AvgIpc) is 1.61. The Kier molecular flexibility index (Phi) is 13.9. The highest BCUT2D eigenvalue weighted by molar-refractivity contribution is 7.00. The third-order valence-electron chi connectivity index (χ3n) is 19.5. The van der Waals surface area contributed by atoms with Crippen LogP contribution in [0.5, 0.6) is 0 Å². The third kappa shape index (κ3) is 10.2. The van der Waals surface area contributed by atoms with Gasteiger partial charge in [0.2, 0.25) is 17.8 Å². The van der Waals surface area contributed by atoms with E-state index in [1.54, 1.807) is 47.1 Å². The van der Waals surface area contributed by atoms with Crippen molar-refractivity contribution in [2.24, 2.45) is 26.9 Å². The van der Waals surface area contributed by atoms with E-state index >= 15 is 9.18 Å². The summed E-state index contributed by atoms with van der Waals surface area (Å²) in [5.41, 5.74) is 16.9. The maximum absolute atomic E-state index is 15.6. The largest absolute Gasteiger partial charge is 0.366 e. The van der Waals surface area contributed by atoms with Crippen LogP contribution in [0.3, 0.4) is 0 Å². The van der Waals surface area contributed by atoms with Crippen LogP contribution in [0.15, 0.2) is 75.3 Å². The number of aryl methyl sites for hydroxylation is 6. The summed E-state index contributed by atoms with van der Waals surface area (Å²) in [5.74, 6) is -0.720. The molecule has 0 radical (unpaired) electrons. The van der Waals surface area contributed by atoms with Gasteiger partial charge >= 0.3 is 17.1 Å². The topological polar surface area (TPSA) is 276 Å². The molecule has 458 valence electrons. The normalized spacial score (nSPS) is 21.0. The minimum atomic E-state index is -2.40. The quantitative estimate of drug-likeness (QED) is 0.0737. The van der Waals surface area contributed by atoms with Crippen LogP contribution in [-0.2, 0) is 33.2 Å². The highest BCUT2D eigenvalue weighted by Crippen LogP contribution is 2.45. The lowest BCUT2D eigenvalue weighted by Gasteiger charge is -2.23. The van der Waals surface area contributed by atoms with Crippen LogP contribution >= 0.6 is 11.7 Å². The van der Waals surface area contributed by atoms with Gasteiger partial charge in [0, 0.05) is 76.0 Å². The zero-order chi connectivity index (χ0) is 62.3. The minimum Gasteiger partial charge on any atom is -0.366 e. The number of hydrogen-bond acceptors (Lipinski definition) is 17. The van der Waals surface area contributed by atoms with Crippen LogP contribution in [0.4, 0.5) is 39.3 Å². The van der Waals surface area contributed by atoms with Crippen molar-refractivity contribution < 1.29 is 9.18 Å². The predicted molar refractivity (Wildman–Crippen MR) is 354 cm³/mol. The van der Waals surface area contributed by atoms with Crippen molar-refractivity contribution in [3.05, 3.63) is 132 Å². The Hall–Kier alpha value is -8.61. The lowest BCUT2D eigenvalue weighted by Crippen LogP contribution is -2.33. The number of amides is 1. The molecule has 3 aliphatic heterocycles. The molecular formula is C61H70FN19O4SSi3. The standard InChI is InChI=1S/C61H70FN19O4SSi3/c1-32-20-39(52(63)82)40(62)24-42(32)68-58-70-48(30-88(9)18-14-37(28-88)79-53-49(76(4)59(79)83)26-65-56(71-53)66-43-25-46-45(22-34(43)3)74-86-75-46)51-55(73-58)81(61(85)78(51)6)38-15-19-89(10,29-38)31-47-50-54(80(60(84)77(50)5)36-13-17-87(7,8)27-36)72-57(69-47)67-41-23-35-12-11-16-64-44(35)21-33(41)2/h11-12,16,20-26,36-38H,13-15,17-19,27-31H2,1-10H3,(H2,63,82)(H,65,66,71)(H,67,69,72)(H,68,70,73). The van der Waals surface area contributed by atoms with E-state index in [0.717, 1.165) is 116 Å². The van der Waals surface area contributed by atoms with Gasteiger partial charge in [-0.1, -0.05) is 50.4 Å². The van der Waals surface area contributed by atoms with E-state index in [1.165, 1.54) is 12.1 Å². The number of nitrogens with two attached hydrogens (primary N) is 1. The second-order valence-electron chi connectivity index (χ2n) is 26.9. The van der Waals surface area contributed by atoms with Crippen molar-refractivity contribution in [2.75, 3.05) is 16.0 Å². The van der Waals surface area contributed by atoms with Gasteiger partial charge in [-0.15, -0.1) is 0 Å². The van der Waals surface area contributed by atoms with Gasteiger partial charge in [0.1, 0.15) is 33.4 Å². The van der Waals surface area contributed by atoms with Crippen molar-refractivity contribution in [1.29, 1.82) is 0 Å². The number of imidazole rings is 3. The number of anilines is 6. The number of aromatic nitrogens is 15. The van der Waals surface area contributed by atoms with Crippen LogP contribution in [0.1, 0.15) is 75.8 Å². The zero-order valence-corrected chi connectivity index (χ0v) is 55.3. The molecule has 3 saturated heterocycles. The molecule has 1 amide bonds. The number of benzene rings is 3. The van der Waals surface area contributed by atoms with Crippen LogP contribution in [-0.4, -0.2) is 101 Å².